The Morgan fingerprint density at radius 2 is 1.39 bits per heavy atom. The minimum Gasteiger partial charge on any atom is -0.259 e. The maximum absolute atomic E-state index is 4.54. The molecule has 0 saturated carbocycles. The average molecular weight is 298 g/mol. The van der Waals surface area contributed by atoms with Crippen molar-refractivity contribution in [2.24, 2.45) is 9.98 Å². The number of aliphatic imine (C=N–C) groups is 2. The van der Waals surface area contributed by atoms with Gasteiger partial charge in [-0.15, -0.1) is 0 Å². The van der Waals surface area contributed by atoms with E-state index < -0.39 is 0 Å². The number of benzene rings is 1. The van der Waals surface area contributed by atoms with Crippen LogP contribution in [-0.4, -0.2) is 28.1 Å². The van der Waals surface area contributed by atoms with Crippen molar-refractivity contribution < 1.29 is 0 Å². The molecule has 0 amide bonds. The third-order valence-corrected chi connectivity index (χ3v) is 3.69. The number of aromatic nitrogens is 2. The Kier molecular flexibility index (Phi) is 3.48. The van der Waals surface area contributed by atoms with Crippen LogP contribution < -0.4 is 0 Å². The van der Waals surface area contributed by atoms with Gasteiger partial charge in [-0.25, -0.2) is 0 Å². The van der Waals surface area contributed by atoms with E-state index in [2.05, 4.69) is 38.2 Å². The standard InChI is InChI=1S/C19H14N4/c1-2-6-14(7-3-1)17-12-15(9-11-21-17)18-19(23-13-22-18)16-8-4-5-10-20-16/h1-12H,13H2. The van der Waals surface area contributed by atoms with Gasteiger partial charge in [-0.2, -0.15) is 0 Å². The Morgan fingerprint density at radius 1 is 0.609 bits per heavy atom. The van der Waals surface area contributed by atoms with Crippen molar-refractivity contribution in [2.75, 3.05) is 6.67 Å². The first kappa shape index (κ1) is 13.5. The van der Waals surface area contributed by atoms with Crippen molar-refractivity contribution in [1.29, 1.82) is 0 Å². The molecule has 0 fully saturated rings. The van der Waals surface area contributed by atoms with Crippen LogP contribution in [0, 0.1) is 0 Å². The van der Waals surface area contributed by atoms with Gasteiger partial charge in [0, 0.05) is 23.5 Å². The Hall–Kier alpha value is -3.14. The summed E-state index contributed by atoms with van der Waals surface area (Å²) in [5.41, 5.74) is 5.60. The summed E-state index contributed by atoms with van der Waals surface area (Å²) < 4.78 is 0. The van der Waals surface area contributed by atoms with Gasteiger partial charge in [0.05, 0.1) is 17.1 Å². The maximum Gasteiger partial charge on any atom is 0.131 e. The molecule has 1 aromatic carbocycles. The van der Waals surface area contributed by atoms with Crippen LogP contribution in [0.25, 0.3) is 11.3 Å². The number of rotatable bonds is 3. The fraction of sp³-hybridized carbons (Fsp3) is 0.0526. The number of pyridine rings is 2. The van der Waals surface area contributed by atoms with Crippen LogP contribution in [0.2, 0.25) is 0 Å². The van der Waals surface area contributed by atoms with E-state index in [1.54, 1.807) is 6.20 Å². The first-order valence-electron chi connectivity index (χ1n) is 7.44. The molecule has 4 nitrogen and oxygen atoms in total. The SMILES string of the molecule is c1ccc(-c2cc(C3=NCN=C3c3ccccn3)ccn2)cc1. The lowest BCUT2D eigenvalue weighted by atomic mass is 10.0. The lowest BCUT2D eigenvalue weighted by Crippen LogP contribution is -2.15. The Morgan fingerprint density at radius 3 is 2.22 bits per heavy atom. The molecule has 1 aliphatic heterocycles. The van der Waals surface area contributed by atoms with Gasteiger partial charge >= 0.3 is 0 Å². The number of nitrogens with zero attached hydrogens (tertiary/aromatic N) is 4. The summed E-state index contributed by atoms with van der Waals surface area (Å²) in [6, 6.07) is 20.0. The molecule has 0 aliphatic carbocycles. The van der Waals surface area contributed by atoms with E-state index in [0.717, 1.165) is 33.9 Å². The van der Waals surface area contributed by atoms with Gasteiger partial charge in [0.2, 0.25) is 0 Å². The summed E-state index contributed by atoms with van der Waals surface area (Å²) in [7, 11) is 0. The van der Waals surface area contributed by atoms with Crippen LogP contribution in [0.15, 0.2) is 83.0 Å². The zero-order valence-electron chi connectivity index (χ0n) is 12.4. The zero-order chi connectivity index (χ0) is 15.5. The van der Waals surface area contributed by atoms with Gasteiger partial charge in [0.15, 0.2) is 0 Å². The van der Waals surface area contributed by atoms with Gasteiger partial charge in [-0.05, 0) is 24.3 Å². The fourth-order valence-electron chi connectivity index (χ4n) is 2.60. The highest BCUT2D eigenvalue weighted by atomic mass is 15.0. The van der Waals surface area contributed by atoms with E-state index >= 15 is 0 Å². The number of hydrogen-bond acceptors (Lipinski definition) is 4. The summed E-state index contributed by atoms with van der Waals surface area (Å²) in [5, 5.41) is 0. The molecule has 110 valence electrons. The van der Waals surface area contributed by atoms with Crippen LogP contribution in [-0.2, 0) is 0 Å². The van der Waals surface area contributed by atoms with Crippen LogP contribution in [0.4, 0.5) is 0 Å². The summed E-state index contributed by atoms with van der Waals surface area (Å²) in [5.74, 6) is 0. The van der Waals surface area contributed by atoms with Crippen molar-refractivity contribution in [3.63, 3.8) is 0 Å². The molecular formula is C19H14N4. The van der Waals surface area contributed by atoms with Gasteiger partial charge in [0.25, 0.3) is 0 Å². The molecule has 0 spiro atoms. The van der Waals surface area contributed by atoms with E-state index in [1.165, 1.54) is 0 Å². The van der Waals surface area contributed by atoms with Crippen LogP contribution in [0.5, 0.6) is 0 Å². The van der Waals surface area contributed by atoms with E-state index in [1.807, 2.05) is 48.7 Å². The third-order valence-electron chi connectivity index (χ3n) is 3.69. The topological polar surface area (TPSA) is 50.5 Å². The molecule has 1 aliphatic rings. The second-order valence-corrected chi connectivity index (χ2v) is 5.17. The smallest absolute Gasteiger partial charge is 0.131 e. The Bertz CT molecular complexity index is 884. The van der Waals surface area contributed by atoms with Crippen molar-refractivity contribution >= 4 is 11.4 Å². The van der Waals surface area contributed by atoms with Crippen molar-refractivity contribution in [1.82, 2.24) is 9.97 Å². The van der Waals surface area contributed by atoms with E-state index in [4.69, 9.17) is 0 Å². The Balaban J connectivity index is 1.73. The van der Waals surface area contributed by atoms with Crippen molar-refractivity contribution in [2.45, 2.75) is 0 Å². The quantitative estimate of drug-likeness (QED) is 0.744. The van der Waals surface area contributed by atoms with Crippen LogP contribution in [0.3, 0.4) is 0 Å². The molecule has 0 radical (unpaired) electrons. The van der Waals surface area contributed by atoms with E-state index in [0.29, 0.717) is 6.67 Å². The summed E-state index contributed by atoms with van der Waals surface area (Å²) >= 11 is 0. The summed E-state index contributed by atoms with van der Waals surface area (Å²) in [6.07, 6.45) is 3.59. The highest BCUT2D eigenvalue weighted by Gasteiger charge is 2.19. The predicted molar refractivity (Wildman–Crippen MR) is 91.9 cm³/mol. The minimum atomic E-state index is 0.449. The maximum atomic E-state index is 4.54. The highest BCUT2D eigenvalue weighted by Crippen LogP contribution is 2.20. The monoisotopic (exact) mass is 298 g/mol. The normalized spacial score (nSPS) is 13.6. The molecule has 0 saturated heterocycles. The fourth-order valence-corrected chi connectivity index (χ4v) is 2.60. The number of hydrogen-bond donors (Lipinski definition) is 0. The molecule has 23 heavy (non-hydrogen) atoms. The van der Waals surface area contributed by atoms with Crippen LogP contribution in [0.1, 0.15) is 11.3 Å². The largest absolute Gasteiger partial charge is 0.259 e. The van der Waals surface area contributed by atoms with E-state index in [-0.39, 0.29) is 0 Å². The summed E-state index contributed by atoms with van der Waals surface area (Å²) in [6.45, 7) is 0.449. The van der Waals surface area contributed by atoms with Gasteiger partial charge in [-0.3, -0.25) is 20.0 Å². The lowest BCUT2D eigenvalue weighted by molar-refractivity contribution is 1.10. The minimum absolute atomic E-state index is 0.449. The molecule has 4 heteroatoms. The van der Waals surface area contributed by atoms with Gasteiger partial charge < -0.3 is 0 Å². The molecule has 0 atom stereocenters. The molecule has 2 aromatic heterocycles. The van der Waals surface area contributed by atoms with E-state index in [9.17, 15) is 0 Å². The molecule has 3 heterocycles. The van der Waals surface area contributed by atoms with Gasteiger partial charge in [-0.1, -0.05) is 36.4 Å². The second kappa shape index (κ2) is 5.93. The Labute approximate surface area is 134 Å². The lowest BCUT2D eigenvalue weighted by Gasteiger charge is -2.07. The third kappa shape index (κ3) is 2.66. The van der Waals surface area contributed by atoms with Crippen molar-refractivity contribution in [3.8, 4) is 11.3 Å². The molecule has 0 bridgehead atoms. The molecule has 4 rings (SSSR count). The first-order chi connectivity index (χ1) is 11.4. The zero-order valence-corrected chi connectivity index (χ0v) is 12.4. The molecule has 0 unspecified atom stereocenters. The molecule has 0 N–H and O–H groups in total. The van der Waals surface area contributed by atoms with Crippen LogP contribution >= 0.6 is 0 Å². The average Bonchev–Trinajstić information content (AvgIpc) is 3.13. The second-order valence-electron chi connectivity index (χ2n) is 5.17. The van der Waals surface area contributed by atoms with Gasteiger partial charge in [0.1, 0.15) is 12.4 Å². The predicted octanol–water partition coefficient (Wildman–Crippen LogP) is 3.39. The summed E-state index contributed by atoms with van der Waals surface area (Å²) in [4.78, 5) is 17.9. The molecular weight excluding hydrogens is 284 g/mol. The molecule has 3 aromatic rings. The first-order valence-corrected chi connectivity index (χ1v) is 7.44. The van der Waals surface area contributed by atoms with Crippen molar-refractivity contribution in [3.05, 3.63) is 84.3 Å². The highest BCUT2D eigenvalue weighted by molar-refractivity contribution is 6.54.